The summed E-state index contributed by atoms with van der Waals surface area (Å²) in [5.74, 6) is 0. The van der Waals surface area contributed by atoms with Gasteiger partial charge in [0.05, 0.1) is 6.07 Å². The minimum Gasteiger partial charge on any atom is -0.369 e. The van der Waals surface area contributed by atoms with Gasteiger partial charge in [-0.25, -0.2) is 0 Å². The van der Waals surface area contributed by atoms with Crippen molar-refractivity contribution in [3.63, 3.8) is 0 Å². The number of anilines is 1. The molecule has 2 rings (SSSR count). The highest BCUT2D eigenvalue weighted by atomic mass is 15.2. The summed E-state index contributed by atoms with van der Waals surface area (Å²) in [6.07, 6.45) is 4.07. The van der Waals surface area contributed by atoms with Crippen molar-refractivity contribution < 1.29 is 0 Å². The first kappa shape index (κ1) is 13.9. The monoisotopic (exact) mass is 257 g/mol. The maximum atomic E-state index is 8.95. The van der Waals surface area contributed by atoms with Crippen molar-refractivity contribution in [3.8, 4) is 6.07 Å². The van der Waals surface area contributed by atoms with E-state index < -0.39 is 5.54 Å². The number of nitrogens with two attached hydrogens (primary N) is 1. The van der Waals surface area contributed by atoms with Crippen LogP contribution >= 0.6 is 0 Å². The van der Waals surface area contributed by atoms with Crippen molar-refractivity contribution in [1.82, 2.24) is 0 Å². The van der Waals surface area contributed by atoms with E-state index in [0.29, 0.717) is 6.04 Å². The number of hydrogen-bond donors (Lipinski definition) is 1. The van der Waals surface area contributed by atoms with Gasteiger partial charge in [0.25, 0.3) is 0 Å². The number of benzene rings is 1. The van der Waals surface area contributed by atoms with E-state index in [2.05, 4.69) is 42.2 Å². The molecule has 0 amide bonds. The van der Waals surface area contributed by atoms with Gasteiger partial charge in [-0.15, -0.1) is 0 Å². The van der Waals surface area contributed by atoms with Gasteiger partial charge in [0.2, 0.25) is 0 Å². The van der Waals surface area contributed by atoms with Gasteiger partial charge in [-0.2, -0.15) is 5.26 Å². The van der Waals surface area contributed by atoms with E-state index >= 15 is 0 Å². The molecule has 1 heterocycles. The molecule has 2 N–H and O–H groups in total. The molecule has 0 spiro atoms. The second-order valence-electron chi connectivity index (χ2n) is 5.84. The van der Waals surface area contributed by atoms with Gasteiger partial charge in [0, 0.05) is 18.3 Å². The summed E-state index contributed by atoms with van der Waals surface area (Å²) in [5.41, 5.74) is 7.98. The second kappa shape index (κ2) is 5.63. The molecule has 0 aromatic heterocycles. The predicted octanol–water partition coefficient (Wildman–Crippen LogP) is 2.85. The maximum absolute atomic E-state index is 8.95. The molecule has 2 atom stereocenters. The highest BCUT2D eigenvalue weighted by molar-refractivity contribution is 5.56. The molecule has 0 saturated heterocycles. The molecular formula is C16H23N3. The Kier molecular flexibility index (Phi) is 4.11. The summed E-state index contributed by atoms with van der Waals surface area (Å²) in [7, 11) is 0. The number of nitrogens with zero attached hydrogens (tertiary/aromatic N) is 2. The Labute approximate surface area is 116 Å². The lowest BCUT2D eigenvalue weighted by Gasteiger charge is -2.37. The number of aryl methyl sites for hydroxylation is 1. The van der Waals surface area contributed by atoms with Gasteiger partial charge in [-0.1, -0.05) is 18.2 Å². The van der Waals surface area contributed by atoms with Crippen LogP contribution in [-0.4, -0.2) is 18.1 Å². The quantitative estimate of drug-likeness (QED) is 0.902. The zero-order valence-electron chi connectivity index (χ0n) is 11.9. The van der Waals surface area contributed by atoms with Crippen LogP contribution in [0.15, 0.2) is 24.3 Å². The number of para-hydroxylation sites is 1. The molecule has 3 nitrogen and oxygen atoms in total. The van der Waals surface area contributed by atoms with Gasteiger partial charge >= 0.3 is 0 Å². The highest BCUT2D eigenvalue weighted by Gasteiger charge is 2.23. The van der Waals surface area contributed by atoms with E-state index in [1.54, 1.807) is 6.92 Å². The standard InChI is InChI=1S/C16H23N3/c1-13-8-9-14-6-3-4-7-15(14)19(13)11-5-10-16(2,18)12-17/h3-4,6-7,13H,5,8-11,18H2,1-2H3. The molecule has 102 valence electrons. The predicted molar refractivity (Wildman–Crippen MR) is 79.0 cm³/mol. The van der Waals surface area contributed by atoms with E-state index in [1.807, 2.05) is 0 Å². The molecule has 0 saturated carbocycles. The van der Waals surface area contributed by atoms with Crippen LogP contribution in [-0.2, 0) is 6.42 Å². The van der Waals surface area contributed by atoms with Crippen LogP contribution in [0.2, 0.25) is 0 Å². The molecule has 19 heavy (non-hydrogen) atoms. The first-order valence-electron chi connectivity index (χ1n) is 7.08. The topological polar surface area (TPSA) is 53.0 Å². The average molecular weight is 257 g/mol. The van der Waals surface area contributed by atoms with Crippen molar-refractivity contribution in [1.29, 1.82) is 5.26 Å². The molecule has 0 aliphatic carbocycles. The fourth-order valence-corrected chi connectivity index (χ4v) is 2.77. The molecule has 0 radical (unpaired) electrons. The number of hydrogen-bond acceptors (Lipinski definition) is 3. The van der Waals surface area contributed by atoms with Crippen LogP contribution < -0.4 is 10.6 Å². The van der Waals surface area contributed by atoms with Crippen LogP contribution in [0.5, 0.6) is 0 Å². The summed E-state index contributed by atoms with van der Waals surface area (Å²) >= 11 is 0. The lowest BCUT2D eigenvalue weighted by molar-refractivity contribution is 0.491. The van der Waals surface area contributed by atoms with Gasteiger partial charge in [0.15, 0.2) is 0 Å². The van der Waals surface area contributed by atoms with E-state index in [1.165, 1.54) is 24.1 Å². The van der Waals surface area contributed by atoms with E-state index in [0.717, 1.165) is 19.4 Å². The summed E-state index contributed by atoms with van der Waals surface area (Å²) in [4.78, 5) is 2.46. The van der Waals surface area contributed by atoms with E-state index in [-0.39, 0.29) is 0 Å². The molecule has 0 fully saturated rings. The Balaban J connectivity index is 2.02. The smallest absolute Gasteiger partial charge is 0.101 e. The van der Waals surface area contributed by atoms with Crippen LogP contribution in [0.1, 0.15) is 38.7 Å². The molecular weight excluding hydrogens is 234 g/mol. The van der Waals surface area contributed by atoms with Crippen LogP contribution in [0, 0.1) is 11.3 Å². The lowest BCUT2D eigenvalue weighted by atomic mass is 9.95. The maximum Gasteiger partial charge on any atom is 0.101 e. The minimum atomic E-state index is -0.696. The molecule has 2 unspecified atom stereocenters. The van der Waals surface area contributed by atoms with Crippen molar-refractivity contribution >= 4 is 5.69 Å². The lowest BCUT2D eigenvalue weighted by Crippen LogP contribution is -2.40. The Morgan fingerprint density at radius 1 is 1.47 bits per heavy atom. The number of nitriles is 1. The van der Waals surface area contributed by atoms with Crippen LogP contribution in [0.4, 0.5) is 5.69 Å². The summed E-state index contributed by atoms with van der Waals surface area (Å²) in [5, 5.41) is 8.95. The van der Waals surface area contributed by atoms with Crippen molar-refractivity contribution in [3.05, 3.63) is 29.8 Å². The third-order valence-electron chi connectivity index (χ3n) is 4.02. The number of rotatable bonds is 4. The third kappa shape index (κ3) is 3.27. The van der Waals surface area contributed by atoms with Crippen molar-refractivity contribution in [2.75, 3.05) is 11.4 Å². The third-order valence-corrected chi connectivity index (χ3v) is 4.02. The Morgan fingerprint density at radius 3 is 2.95 bits per heavy atom. The Bertz CT molecular complexity index is 473. The van der Waals surface area contributed by atoms with E-state index in [4.69, 9.17) is 11.0 Å². The minimum absolute atomic E-state index is 0.570. The zero-order valence-corrected chi connectivity index (χ0v) is 11.9. The highest BCUT2D eigenvalue weighted by Crippen LogP contribution is 2.30. The van der Waals surface area contributed by atoms with Crippen LogP contribution in [0.25, 0.3) is 0 Å². The SMILES string of the molecule is CC1CCc2ccccc2N1CCCC(C)(N)C#N. The molecule has 0 bridgehead atoms. The number of fused-ring (bicyclic) bond motifs is 1. The molecule has 3 heteroatoms. The Hall–Kier alpha value is -1.53. The fourth-order valence-electron chi connectivity index (χ4n) is 2.77. The summed E-state index contributed by atoms with van der Waals surface area (Å²) in [6.45, 7) is 5.06. The first-order chi connectivity index (χ1) is 9.03. The largest absolute Gasteiger partial charge is 0.369 e. The van der Waals surface area contributed by atoms with Crippen molar-refractivity contribution in [2.24, 2.45) is 5.73 Å². The molecule has 1 aromatic rings. The summed E-state index contributed by atoms with van der Waals surface area (Å²) < 4.78 is 0. The second-order valence-corrected chi connectivity index (χ2v) is 5.84. The van der Waals surface area contributed by atoms with Crippen LogP contribution in [0.3, 0.4) is 0 Å². The van der Waals surface area contributed by atoms with Gasteiger partial charge < -0.3 is 10.6 Å². The average Bonchev–Trinajstić information content (AvgIpc) is 2.41. The molecule has 1 aliphatic rings. The zero-order chi connectivity index (χ0) is 13.9. The fraction of sp³-hybridized carbons (Fsp3) is 0.562. The normalized spacial score (nSPS) is 21.4. The van der Waals surface area contributed by atoms with Gasteiger partial charge in [-0.3, -0.25) is 0 Å². The van der Waals surface area contributed by atoms with Gasteiger partial charge in [0.1, 0.15) is 5.54 Å². The molecule has 1 aliphatic heterocycles. The Morgan fingerprint density at radius 2 is 2.21 bits per heavy atom. The van der Waals surface area contributed by atoms with Crippen molar-refractivity contribution in [2.45, 2.75) is 51.1 Å². The van der Waals surface area contributed by atoms with E-state index in [9.17, 15) is 0 Å². The van der Waals surface area contributed by atoms with Gasteiger partial charge in [-0.05, 0) is 51.2 Å². The first-order valence-corrected chi connectivity index (χ1v) is 7.08. The molecule has 1 aromatic carbocycles. The summed E-state index contributed by atoms with van der Waals surface area (Å²) in [6, 6.07) is 11.4.